The van der Waals surface area contributed by atoms with Gasteiger partial charge in [0.1, 0.15) is 5.15 Å². The third-order valence-electron chi connectivity index (χ3n) is 1.87. The molecule has 13 heavy (non-hydrogen) atoms. The molecule has 1 heterocycles. The van der Waals surface area contributed by atoms with Gasteiger partial charge >= 0.3 is 0 Å². The van der Waals surface area contributed by atoms with Crippen LogP contribution < -0.4 is 5.48 Å². The maximum atomic E-state index is 8.79. The van der Waals surface area contributed by atoms with Crippen LogP contribution in [0.1, 0.15) is 0 Å². The van der Waals surface area contributed by atoms with Crippen molar-refractivity contribution in [1.29, 1.82) is 0 Å². The summed E-state index contributed by atoms with van der Waals surface area (Å²) in [6.07, 6.45) is 1.49. The van der Waals surface area contributed by atoms with Crippen LogP contribution in [-0.2, 0) is 0 Å². The lowest BCUT2D eigenvalue weighted by Crippen LogP contribution is -1.92. The molecule has 0 bridgehead atoms. The van der Waals surface area contributed by atoms with Gasteiger partial charge in [0, 0.05) is 10.8 Å². The van der Waals surface area contributed by atoms with Gasteiger partial charge in [-0.1, -0.05) is 35.9 Å². The molecule has 0 atom stereocenters. The number of aromatic nitrogens is 1. The van der Waals surface area contributed by atoms with Gasteiger partial charge in [0.05, 0.1) is 11.9 Å². The van der Waals surface area contributed by atoms with Crippen molar-refractivity contribution in [2.75, 3.05) is 5.48 Å². The SMILES string of the molecule is ONc1cnc(Cl)c2ccccc12. The van der Waals surface area contributed by atoms with Crippen molar-refractivity contribution in [2.45, 2.75) is 0 Å². The first kappa shape index (κ1) is 8.29. The van der Waals surface area contributed by atoms with Gasteiger partial charge in [-0.25, -0.2) is 4.98 Å². The average Bonchev–Trinajstić information content (AvgIpc) is 2.19. The van der Waals surface area contributed by atoms with Crippen LogP contribution >= 0.6 is 11.6 Å². The third-order valence-corrected chi connectivity index (χ3v) is 2.17. The minimum atomic E-state index is 0.439. The standard InChI is InChI=1S/C9H7ClN2O/c10-9-7-4-2-1-3-6(7)8(12-13)5-11-9/h1-5,12-13H. The molecule has 0 radical (unpaired) electrons. The summed E-state index contributed by atoms with van der Waals surface area (Å²) in [5.41, 5.74) is 2.63. The number of anilines is 1. The molecule has 0 spiro atoms. The fourth-order valence-corrected chi connectivity index (χ4v) is 1.46. The normalized spacial score (nSPS) is 10.3. The van der Waals surface area contributed by atoms with Crippen molar-refractivity contribution in [3.05, 3.63) is 35.6 Å². The second-order valence-corrected chi connectivity index (χ2v) is 2.98. The number of halogens is 1. The van der Waals surface area contributed by atoms with Crippen LogP contribution in [-0.4, -0.2) is 10.2 Å². The summed E-state index contributed by atoms with van der Waals surface area (Å²) >= 11 is 5.87. The minimum Gasteiger partial charge on any atom is -0.291 e. The Morgan fingerprint density at radius 3 is 2.62 bits per heavy atom. The van der Waals surface area contributed by atoms with E-state index in [-0.39, 0.29) is 0 Å². The Morgan fingerprint density at radius 2 is 1.92 bits per heavy atom. The molecule has 0 aliphatic rings. The summed E-state index contributed by atoms with van der Waals surface area (Å²) in [5.74, 6) is 0. The second kappa shape index (κ2) is 3.20. The molecule has 4 heteroatoms. The van der Waals surface area contributed by atoms with Crippen LogP contribution in [0.3, 0.4) is 0 Å². The Labute approximate surface area is 79.9 Å². The van der Waals surface area contributed by atoms with Gasteiger partial charge in [-0.3, -0.25) is 10.7 Å². The number of fused-ring (bicyclic) bond motifs is 1. The van der Waals surface area contributed by atoms with Crippen molar-refractivity contribution >= 4 is 28.1 Å². The largest absolute Gasteiger partial charge is 0.291 e. The summed E-state index contributed by atoms with van der Waals surface area (Å²) in [5, 5.41) is 10.9. The van der Waals surface area contributed by atoms with Crippen molar-refractivity contribution in [3.63, 3.8) is 0 Å². The van der Waals surface area contributed by atoms with Gasteiger partial charge in [0.15, 0.2) is 0 Å². The van der Waals surface area contributed by atoms with Gasteiger partial charge in [-0.2, -0.15) is 0 Å². The minimum absolute atomic E-state index is 0.439. The predicted molar refractivity (Wildman–Crippen MR) is 52.2 cm³/mol. The van der Waals surface area contributed by atoms with E-state index in [0.717, 1.165) is 10.8 Å². The zero-order valence-corrected chi connectivity index (χ0v) is 7.42. The first-order chi connectivity index (χ1) is 6.33. The van der Waals surface area contributed by atoms with Crippen LogP contribution in [0.15, 0.2) is 30.5 Å². The first-order valence-electron chi connectivity index (χ1n) is 3.76. The van der Waals surface area contributed by atoms with E-state index in [4.69, 9.17) is 16.8 Å². The van der Waals surface area contributed by atoms with Crippen LogP contribution in [0.5, 0.6) is 0 Å². The van der Waals surface area contributed by atoms with Crippen LogP contribution in [0.4, 0.5) is 5.69 Å². The molecule has 66 valence electrons. The molecule has 0 aliphatic heterocycles. The lowest BCUT2D eigenvalue weighted by atomic mass is 10.1. The molecule has 0 amide bonds. The summed E-state index contributed by atoms with van der Waals surface area (Å²) in [6, 6.07) is 7.46. The number of pyridine rings is 1. The van der Waals surface area contributed by atoms with E-state index in [1.165, 1.54) is 6.20 Å². The smallest absolute Gasteiger partial charge is 0.136 e. The molecule has 0 saturated heterocycles. The van der Waals surface area contributed by atoms with Crippen molar-refractivity contribution in [3.8, 4) is 0 Å². The summed E-state index contributed by atoms with van der Waals surface area (Å²) in [6.45, 7) is 0. The van der Waals surface area contributed by atoms with Crippen molar-refractivity contribution in [1.82, 2.24) is 4.98 Å². The zero-order valence-electron chi connectivity index (χ0n) is 6.66. The Balaban J connectivity index is 2.84. The van der Waals surface area contributed by atoms with E-state index in [0.29, 0.717) is 10.8 Å². The van der Waals surface area contributed by atoms with E-state index in [1.807, 2.05) is 24.3 Å². The molecule has 2 aromatic rings. The fourth-order valence-electron chi connectivity index (χ4n) is 1.25. The fraction of sp³-hybridized carbons (Fsp3) is 0. The Hall–Kier alpha value is -1.32. The maximum Gasteiger partial charge on any atom is 0.136 e. The van der Waals surface area contributed by atoms with E-state index in [9.17, 15) is 0 Å². The quantitative estimate of drug-likeness (QED) is 0.542. The van der Waals surface area contributed by atoms with Crippen LogP contribution in [0.2, 0.25) is 5.15 Å². The highest BCUT2D eigenvalue weighted by Crippen LogP contribution is 2.26. The highest BCUT2D eigenvalue weighted by atomic mass is 35.5. The van der Waals surface area contributed by atoms with Crippen molar-refractivity contribution in [2.24, 2.45) is 0 Å². The van der Waals surface area contributed by atoms with E-state index in [2.05, 4.69) is 10.5 Å². The number of hydrogen-bond acceptors (Lipinski definition) is 3. The van der Waals surface area contributed by atoms with E-state index >= 15 is 0 Å². The summed E-state index contributed by atoms with van der Waals surface area (Å²) in [4.78, 5) is 3.92. The van der Waals surface area contributed by atoms with Gasteiger partial charge in [-0.15, -0.1) is 0 Å². The number of nitrogens with one attached hydrogen (secondary N) is 1. The molecule has 0 aliphatic carbocycles. The number of benzene rings is 1. The highest BCUT2D eigenvalue weighted by Gasteiger charge is 2.03. The molecule has 2 N–H and O–H groups in total. The average molecular weight is 195 g/mol. The lowest BCUT2D eigenvalue weighted by molar-refractivity contribution is 0.389. The van der Waals surface area contributed by atoms with Crippen molar-refractivity contribution < 1.29 is 5.21 Å². The molecule has 0 saturated carbocycles. The molecule has 1 aromatic heterocycles. The van der Waals surface area contributed by atoms with Gasteiger partial charge in [0.2, 0.25) is 0 Å². The number of rotatable bonds is 1. The Kier molecular flexibility index (Phi) is 2.04. The van der Waals surface area contributed by atoms with Gasteiger partial charge < -0.3 is 0 Å². The Morgan fingerprint density at radius 1 is 1.23 bits per heavy atom. The molecule has 0 unspecified atom stereocenters. The number of nitrogens with zero attached hydrogens (tertiary/aromatic N) is 1. The molecular formula is C9H7ClN2O. The molecular weight excluding hydrogens is 188 g/mol. The topological polar surface area (TPSA) is 45.1 Å². The third kappa shape index (κ3) is 1.32. The van der Waals surface area contributed by atoms with Gasteiger partial charge in [0.25, 0.3) is 0 Å². The summed E-state index contributed by atoms with van der Waals surface area (Å²) in [7, 11) is 0. The molecule has 3 nitrogen and oxygen atoms in total. The molecule has 1 aromatic carbocycles. The lowest BCUT2D eigenvalue weighted by Gasteiger charge is -2.04. The molecule has 0 fully saturated rings. The second-order valence-electron chi connectivity index (χ2n) is 2.62. The van der Waals surface area contributed by atoms with E-state index in [1.54, 1.807) is 0 Å². The number of hydrogen-bond donors (Lipinski definition) is 2. The van der Waals surface area contributed by atoms with Gasteiger partial charge in [-0.05, 0) is 0 Å². The van der Waals surface area contributed by atoms with E-state index < -0.39 is 0 Å². The molecule has 2 rings (SSSR count). The maximum absolute atomic E-state index is 8.79. The monoisotopic (exact) mass is 194 g/mol. The highest BCUT2D eigenvalue weighted by molar-refractivity contribution is 6.34. The zero-order chi connectivity index (χ0) is 9.26. The first-order valence-corrected chi connectivity index (χ1v) is 4.14. The van der Waals surface area contributed by atoms with Crippen LogP contribution in [0.25, 0.3) is 10.8 Å². The van der Waals surface area contributed by atoms with Crippen LogP contribution in [0, 0.1) is 0 Å². The Bertz CT molecular complexity index is 445. The predicted octanol–water partition coefficient (Wildman–Crippen LogP) is 2.69. The summed E-state index contributed by atoms with van der Waals surface area (Å²) < 4.78 is 0.